The third-order valence-electron chi connectivity index (χ3n) is 2.81. The number of aliphatic carboxylic acids is 1. The van der Waals surface area contributed by atoms with Crippen molar-refractivity contribution in [3.05, 3.63) is 24.0 Å². The van der Waals surface area contributed by atoms with E-state index in [1.54, 1.807) is 30.2 Å². The fourth-order valence-corrected chi connectivity index (χ4v) is 1.71. The molecule has 1 atom stereocenters. The van der Waals surface area contributed by atoms with Crippen molar-refractivity contribution in [2.24, 2.45) is 13.0 Å². The van der Waals surface area contributed by atoms with E-state index in [0.717, 1.165) is 18.4 Å². The summed E-state index contributed by atoms with van der Waals surface area (Å²) in [6, 6.07) is -0.768. The molecule has 1 aromatic rings. The minimum atomic E-state index is -0.972. The van der Waals surface area contributed by atoms with Gasteiger partial charge in [-0.2, -0.15) is 5.10 Å². The third kappa shape index (κ3) is 3.19. The van der Waals surface area contributed by atoms with Crippen molar-refractivity contribution in [1.82, 2.24) is 15.1 Å². The number of carbonyl (C=O) groups is 2. The monoisotopic (exact) mass is 249 g/mol. The topological polar surface area (TPSA) is 84.2 Å². The molecule has 2 rings (SSSR count). The molecule has 1 aliphatic carbocycles. The van der Waals surface area contributed by atoms with Crippen LogP contribution in [0.3, 0.4) is 0 Å². The van der Waals surface area contributed by atoms with Crippen molar-refractivity contribution in [3.8, 4) is 0 Å². The summed E-state index contributed by atoms with van der Waals surface area (Å²) < 4.78 is 1.63. The van der Waals surface area contributed by atoms with E-state index in [9.17, 15) is 9.59 Å². The number of rotatable bonds is 5. The predicted octanol–water partition coefficient (Wildman–Crippen LogP) is 0.413. The maximum Gasteiger partial charge on any atom is 0.326 e. The number of nitrogens with one attached hydrogen (secondary N) is 1. The molecule has 6 heteroatoms. The van der Waals surface area contributed by atoms with Gasteiger partial charge in [-0.15, -0.1) is 0 Å². The van der Waals surface area contributed by atoms with Gasteiger partial charge in [-0.05, 0) is 24.8 Å². The molecule has 1 aromatic heterocycles. The van der Waals surface area contributed by atoms with Crippen molar-refractivity contribution in [2.45, 2.75) is 18.9 Å². The van der Waals surface area contributed by atoms with Crippen molar-refractivity contribution in [2.75, 3.05) is 0 Å². The average Bonchev–Trinajstić information content (AvgIpc) is 3.06. The normalized spacial score (nSPS) is 16.7. The number of aryl methyl sites for hydroxylation is 1. The highest BCUT2D eigenvalue weighted by Crippen LogP contribution is 2.32. The van der Waals surface area contributed by atoms with Gasteiger partial charge in [0.25, 0.3) is 0 Å². The van der Waals surface area contributed by atoms with Crippen LogP contribution in [0.15, 0.2) is 18.5 Å². The smallest absolute Gasteiger partial charge is 0.326 e. The lowest BCUT2D eigenvalue weighted by Gasteiger charge is -2.11. The van der Waals surface area contributed by atoms with Crippen LogP contribution in [0.5, 0.6) is 0 Å². The Kier molecular flexibility index (Phi) is 3.45. The second kappa shape index (κ2) is 5.03. The fourth-order valence-electron chi connectivity index (χ4n) is 1.71. The number of nitrogens with zero attached hydrogens (tertiary/aromatic N) is 2. The zero-order valence-electron chi connectivity index (χ0n) is 10.0. The number of hydrogen-bond donors (Lipinski definition) is 2. The summed E-state index contributed by atoms with van der Waals surface area (Å²) in [7, 11) is 1.78. The summed E-state index contributed by atoms with van der Waals surface area (Å²) in [6.45, 7) is 0. The Bertz CT molecular complexity index is 489. The van der Waals surface area contributed by atoms with Gasteiger partial charge in [-0.3, -0.25) is 9.48 Å². The first kappa shape index (κ1) is 12.3. The second-order valence-corrected chi connectivity index (χ2v) is 4.44. The largest absolute Gasteiger partial charge is 0.480 e. The zero-order chi connectivity index (χ0) is 13.1. The highest BCUT2D eigenvalue weighted by Gasteiger charge is 2.36. The predicted molar refractivity (Wildman–Crippen MR) is 64.5 cm³/mol. The molecule has 1 unspecified atom stereocenters. The van der Waals surface area contributed by atoms with Crippen LogP contribution >= 0.6 is 0 Å². The first-order chi connectivity index (χ1) is 8.56. The van der Waals surface area contributed by atoms with Gasteiger partial charge < -0.3 is 10.4 Å². The molecule has 1 fully saturated rings. The van der Waals surface area contributed by atoms with Gasteiger partial charge in [-0.25, -0.2) is 4.79 Å². The molecule has 96 valence electrons. The standard InChI is InChI=1S/C12H15N3O3/c1-15-7-8(6-13-15)2-5-10(16)14-11(12(17)18)9-3-4-9/h2,5-7,9,11H,3-4H2,1H3,(H,14,16)(H,17,18). The number of hydrogen-bond acceptors (Lipinski definition) is 3. The molecule has 1 heterocycles. The van der Waals surface area contributed by atoms with Crippen LogP contribution < -0.4 is 5.32 Å². The Labute approximate surface area is 104 Å². The molecule has 0 aromatic carbocycles. The number of carboxylic acid groups (broad SMARTS) is 1. The Morgan fingerprint density at radius 2 is 2.33 bits per heavy atom. The zero-order valence-corrected chi connectivity index (χ0v) is 10.0. The van der Waals surface area contributed by atoms with Crippen LogP contribution in [-0.4, -0.2) is 32.8 Å². The van der Waals surface area contributed by atoms with Crippen molar-refractivity contribution < 1.29 is 14.7 Å². The Morgan fingerprint density at radius 3 is 2.83 bits per heavy atom. The molecule has 0 spiro atoms. The van der Waals surface area contributed by atoms with E-state index in [1.807, 2.05) is 0 Å². The highest BCUT2D eigenvalue weighted by atomic mass is 16.4. The molecule has 1 aliphatic rings. The molecule has 6 nitrogen and oxygen atoms in total. The summed E-state index contributed by atoms with van der Waals surface area (Å²) >= 11 is 0. The molecular weight excluding hydrogens is 234 g/mol. The molecular formula is C12H15N3O3. The van der Waals surface area contributed by atoms with Crippen LogP contribution in [0, 0.1) is 5.92 Å². The highest BCUT2D eigenvalue weighted by molar-refractivity contribution is 5.94. The average molecular weight is 249 g/mol. The first-order valence-corrected chi connectivity index (χ1v) is 5.76. The van der Waals surface area contributed by atoms with Crippen molar-refractivity contribution in [1.29, 1.82) is 0 Å². The Balaban J connectivity index is 1.91. The van der Waals surface area contributed by atoms with Crippen LogP contribution in [0.1, 0.15) is 18.4 Å². The van der Waals surface area contributed by atoms with E-state index in [-0.39, 0.29) is 5.92 Å². The number of amides is 1. The van der Waals surface area contributed by atoms with Gasteiger partial charge in [0.2, 0.25) is 5.91 Å². The second-order valence-electron chi connectivity index (χ2n) is 4.44. The van der Waals surface area contributed by atoms with Gasteiger partial charge in [0.05, 0.1) is 6.20 Å². The number of aromatic nitrogens is 2. The van der Waals surface area contributed by atoms with E-state index in [2.05, 4.69) is 10.4 Å². The van der Waals surface area contributed by atoms with Gasteiger partial charge in [0.1, 0.15) is 6.04 Å². The summed E-state index contributed by atoms with van der Waals surface area (Å²) in [5.74, 6) is -1.28. The van der Waals surface area contributed by atoms with E-state index >= 15 is 0 Å². The number of carboxylic acids is 1. The lowest BCUT2D eigenvalue weighted by Crippen LogP contribution is -2.41. The lowest BCUT2D eigenvalue weighted by atomic mass is 10.2. The van der Waals surface area contributed by atoms with E-state index in [0.29, 0.717) is 0 Å². The Hall–Kier alpha value is -2.11. The third-order valence-corrected chi connectivity index (χ3v) is 2.81. The van der Waals surface area contributed by atoms with Crippen LogP contribution in [-0.2, 0) is 16.6 Å². The minimum absolute atomic E-state index is 0.0817. The van der Waals surface area contributed by atoms with E-state index in [1.165, 1.54) is 6.08 Å². The molecule has 0 aliphatic heterocycles. The summed E-state index contributed by atoms with van der Waals surface area (Å²) in [5.41, 5.74) is 0.797. The molecule has 18 heavy (non-hydrogen) atoms. The fraction of sp³-hybridized carbons (Fsp3) is 0.417. The van der Waals surface area contributed by atoms with Crippen LogP contribution in [0.25, 0.3) is 6.08 Å². The maximum absolute atomic E-state index is 11.6. The maximum atomic E-state index is 11.6. The van der Waals surface area contributed by atoms with Crippen molar-refractivity contribution in [3.63, 3.8) is 0 Å². The molecule has 1 saturated carbocycles. The summed E-state index contributed by atoms with van der Waals surface area (Å²) in [6.07, 6.45) is 8.05. The molecule has 0 bridgehead atoms. The molecule has 0 saturated heterocycles. The van der Waals surface area contributed by atoms with Gasteiger partial charge in [-0.1, -0.05) is 0 Å². The van der Waals surface area contributed by atoms with Gasteiger partial charge in [0.15, 0.2) is 0 Å². The van der Waals surface area contributed by atoms with Crippen molar-refractivity contribution >= 4 is 18.0 Å². The summed E-state index contributed by atoms with van der Waals surface area (Å²) in [4.78, 5) is 22.5. The van der Waals surface area contributed by atoms with Crippen LogP contribution in [0.2, 0.25) is 0 Å². The number of carbonyl (C=O) groups excluding carboxylic acids is 1. The minimum Gasteiger partial charge on any atom is -0.480 e. The quantitative estimate of drug-likeness (QED) is 0.740. The van der Waals surface area contributed by atoms with E-state index in [4.69, 9.17) is 5.11 Å². The van der Waals surface area contributed by atoms with Crippen LogP contribution in [0.4, 0.5) is 0 Å². The molecule has 1 amide bonds. The Morgan fingerprint density at radius 1 is 1.61 bits per heavy atom. The molecule has 0 radical (unpaired) electrons. The molecule has 2 N–H and O–H groups in total. The van der Waals surface area contributed by atoms with Gasteiger partial charge in [0, 0.05) is 24.9 Å². The lowest BCUT2D eigenvalue weighted by molar-refractivity contribution is -0.141. The van der Waals surface area contributed by atoms with E-state index < -0.39 is 17.9 Å². The SMILES string of the molecule is Cn1cc(C=CC(=O)NC(C(=O)O)C2CC2)cn1. The van der Waals surface area contributed by atoms with Gasteiger partial charge >= 0.3 is 5.97 Å². The first-order valence-electron chi connectivity index (χ1n) is 5.76. The summed E-state index contributed by atoms with van der Waals surface area (Å²) in [5, 5.41) is 15.4.